The summed E-state index contributed by atoms with van der Waals surface area (Å²) in [6.07, 6.45) is 3.46. The smallest absolute Gasteiger partial charge is 0.249 e. The maximum atomic E-state index is 11.8. The Hall–Kier alpha value is -0.840. The van der Waals surface area contributed by atoms with E-state index in [1.807, 2.05) is 13.8 Å². The van der Waals surface area contributed by atoms with E-state index in [0.717, 1.165) is 4.47 Å². The lowest BCUT2D eigenvalue weighted by Gasteiger charge is -2.27. The lowest BCUT2D eigenvalue weighted by atomic mass is 10.0. The zero-order valence-corrected chi connectivity index (χ0v) is 10.4. The molecule has 0 unspecified atom stereocenters. The molecule has 0 aliphatic heterocycles. The van der Waals surface area contributed by atoms with Gasteiger partial charge >= 0.3 is 0 Å². The van der Waals surface area contributed by atoms with Crippen molar-refractivity contribution in [2.75, 3.05) is 14.1 Å². The number of carbonyl (C=O) groups is 1. The van der Waals surface area contributed by atoms with Crippen LogP contribution >= 0.6 is 15.9 Å². The molecule has 0 saturated carbocycles. The number of hydrogen-bond donors (Lipinski definition) is 0. The number of carbonyl (C=O) groups excluding carboxylic acids is 1. The van der Waals surface area contributed by atoms with Gasteiger partial charge in [0.05, 0.1) is 10.7 Å². The second-order valence-electron chi connectivity index (χ2n) is 3.86. The van der Waals surface area contributed by atoms with Crippen LogP contribution in [-0.2, 0) is 10.3 Å². The van der Waals surface area contributed by atoms with Crippen molar-refractivity contribution >= 4 is 21.8 Å². The second kappa shape index (κ2) is 3.73. The molecule has 1 amide bonds. The minimum atomic E-state index is -0.643. The third kappa shape index (κ3) is 1.97. The molecule has 1 heterocycles. The van der Waals surface area contributed by atoms with Gasteiger partial charge in [0.2, 0.25) is 5.91 Å². The van der Waals surface area contributed by atoms with Gasteiger partial charge in [-0.2, -0.15) is 5.10 Å². The number of rotatable bonds is 2. The number of amides is 1. The van der Waals surface area contributed by atoms with Gasteiger partial charge in [0, 0.05) is 20.3 Å². The summed E-state index contributed by atoms with van der Waals surface area (Å²) >= 11 is 3.30. The van der Waals surface area contributed by atoms with Crippen LogP contribution in [0.25, 0.3) is 0 Å². The van der Waals surface area contributed by atoms with Crippen LogP contribution in [0.15, 0.2) is 16.9 Å². The Bertz CT molecular complexity index is 344. The van der Waals surface area contributed by atoms with Gasteiger partial charge in [-0.1, -0.05) is 0 Å². The maximum absolute atomic E-state index is 11.8. The Morgan fingerprint density at radius 3 is 2.50 bits per heavy atom. The monoisotopic (exact) mass is 259 g/mol. The molecule has 0 N–H and O–H groups in total. The summed E-state index contributed by atoms with van der Waals surface area (Å²) in [6.45, 7) is 3.68. The Morgan fingerprint density at radius 1 is 1.57 bits per heavy atom. The Balaban J connectivity index is 3.01. The molecule has 0 spiro atoms. The molecule has 1 aromatic rings. The van der Waals surface area contributed by atoms with Gasteiger partial charge in [-0.25, -0.2) is 0 Å². The van der Waals surface area contributed by atoms with Crippen molar-refractivity contribution in [1.82, 2.24) is 14.7 Å². The minimum Gasteiger partial charge on any atom is -0.347 e. The first kappa shape index (κ1) is 11.2. The quantitative estimate of drug-likeness (QED) is 0.807. The van der Waals surface area contributed by atoms with E-state index in [0.29, 0.717) is 0 Å². The number of hydrogen-bond acceptors (Lipinski definition) is 2. The van der Waals surface area contributed by atoms with Gasteiger partial charge in [0.25, 0.3) is 0 Å². The van der Waals surface area contributed by atoms with Crippen molar-refractivity contribution < 1.29 is 4.79 Å². The molecule has 1 aromatic heterocycles. The van der Waals surface area contributed by atoms with Gasteiger partial charge in [0.1, 0.15) is 5.54 Å². The summed E-state index contributed by atoms with van der Waals surface area (Å²) in [5, 5.41) is 4.11. The van der Waals surface area contributed by atoms with Crippen molar-refractivity contribution in [3.05, 3.63) is 16.9 Å². The molecular weight excluding hydrogens is 246 g/mol. The van der Waals surface area contributed by atoms with Gasteiger partial charge in [-0.15, -0.1) is 0 Å². The average molecular weight is 260 g/mol. The molecule has 0 aliphatic rings. The van der Waals surface area contributed by atoms with E-state index in [-0.39, 0.29) is 5.91 Å². The van der Waals surface area contributed by atoms with E-state index in [4.69, 9.17) is 0 Å². The first-order valence-corrected chi connectivity index (χ1v) is 5.07. The van der Waals surface area contributed by atoms with E-state index in [1.165, 1.54) is 0 Å². The lowest BCUT2D eigenvalue weighted by Crippen LogP contribution is -2.44. The molecule has 0 fully saturated rings. The summed E-state index contributed by atoms with van der Waals surface area (Å²) in [4.78, 5) is 13.4. The summed E-state index contributed by atoms with van der Waals surface area (Å²) in [6, 6.07) is 0. The number of halogens is 1. The van der Waals surface area contributed by atoms with Crippen LogP contribution in [0.4, 0.5) is 0 Å². The molecule has 0 saturated heterocycles. The molecule has 0 atom stereocenters. The fourth-order valence-corrected chi connectivity index (χ4v) is 1.54. The van der Waals surface area contributed by atoms with Crippen LogP contribution < -0.4 is 0 Å². The average Bonchev–Trinajstić information content (AvgIpc) is 2.50. The normalized spacial score (nSPS) is 11.5. The van der Waals surface area contributed by atoms with E-state index in [9.17, 15) is 4.79 Å². The van der Waals surface area contributed by atoms with Crippen LogP contribution in [0.2, 0.25) is 0 Å². The molecule has 4 nitrogen and oxygen atoms in total. The molecule has 0 aliphatic carbocycles. The van der Waals surface area contributed by atoms with Crippen LogP contribution in [0.5, 0.6) is 0 Å². The van der Waals surface area contributed by atoms with Crippen LogP contribution in [0, 0.1) is 0 Å². The molecule has 14 heavy (non-hydrogen) atoms. The van der Waals surface area contributed by atoms with E-state index < -0.39 is 5.54 Å². The fourth-order valence-electron chi connectivity index (χ4n) is 1.25. The molecule has 5 heteroatoms. The van der Waals surface area contributed by atoms with Gasteiger partial charge in [0.15, 0.2) is 0 Å². The predicted molar refractivity (Wildman–Crippen MR) is 57.9 cm³/mol. The highest BCUT2D eigenvalue weighted by Gasteiger charge is 2.31. The summed E-state index contributed by atoms with van der Waals surface area (Å²) in [5.74, 6) is 0.0214. The largest absolute Gasteiger partial charge is 0.347 e. The highest BCUT2D eigenvalue weighted by atomic mass is 79.9. The van der Waals surface area contributed by atoms with E-state index in [2.05, 4.69) is 21.0 Å². The Kier molecular flexibility index (Phi) is 2.99. The van der Waals surface area contributed by atoms with Gasteiger partial charge < -0.3 is 4.90 Å². The topological polar surface area (TPSA) is 38.1 Å². The zero-order chi connectivity index (χ0) is 10.9. The number of nitrogens with zero attached hydrogens (tertiary/aromatic N) is 3. The minimum absolute atomic E-state index is 0.0214. The molecule has 0 bridgehead atoms. The zero-order valence-electron chi connectivity index (χ0n) is 8.78. The molecule has 0 aromatic carbocycles. The Morgan fingerprint density at radius 2 is 2.14 bits per heavy atom. The lowest BCUT2D eigenvalue weighted by molar-refractivity contribution is -0.137. The van der Waals surface area contributed by atoms with Crippen molar-refractivity contribution in [2.24, 2.45) is 0 Å². The predicted octanol–water partition coefficient (Wildman–Crippen LogP) is 1.47. The van der Waals surface area contributed by atoms with Crippen LogP contribution in [0.3, 0.4) is 0 Å². The third-order valence-corrected chi connectivity index (χ3v) is 2.46. The number of likely N-dealkylation sites (N-methyl/N-ethyl adjacent to an activating group) is 1. The fraction of sp³-hybridized carbons (Fsp3) is 0.556. The summed E-state index contributed by atoms with van der Waals surface area (Å²) < 4.78 is 2.52. The number of aromatic nitrogens is 2. The van der Waals surface area contributed by atoms with Crippen LogP contribution in [-0.4, -0.2) is 34.7 Å². The van der Waals surface area contributed by atoms with Crippen LogP contribution in [0.1, 0.15) is 13.8 Å². The van der Waals surface area contributed by atoms with E-state index >= 15 is 0 Å². The first-order valence-electron chi connectivity index (χ1n) is 4.28. The molecule has 0 radical (unpaired) electrons. The SMILES string of the molecule is CN(C)C(=O)C(C)(C)n1cc(Br)cn1. The van der Waals surface area contributed by atoms with Crippen molar-refractivity contribution in [1.29, 1.82) is 0 Å². The highest BCUT2D eigenvalue weighted by Crippen LogP contribution is 2.19. The van der Waals surface area contributed by atoms with Crippen molar-refractivity contribution in [2.45, 2.75) is 19.4 Å². The molecular formula is C9H14BrN3O. The highest BCUT2D eigenvalue weighted by molar-refractivity contribution is 9.10. The van der Waals surface area contributed by atoms with Crippen molar-refractivity contribution in [3.8, 4) is 0 Å². The third-order valence-electron chi connectivity index (χ3n) is 2.05. The summed E-state index contributed by atoms with van der Waals surface area (Å²) in [7, 11) is 3.48. The standard InChI is InChI=1S/C9H14BrN3O/c1-9(2,8(14)12(3)4)13-6-7(10)5-11-13/h5-6H,1-4H3. The maximum Gasteiger partial charge on any atom is 0.249 e. The molecule has 78 valence electrons. The second-order valence-corrected chi connectivity index (χ2v) is 4.78. The summed E-state index contributed by atoms with van der Waals surface area (Å²) in [5.41, 5.74) is -0.643. The van der Waals surface area contributed by atoms with Crippen molar-refractivity contribution in [3.63, 3.8) is 0 Å². The van der Waals surface area contributed by atoms with Gasteiger partial charge in [-0.05, 0) is 29.8 Å². The van der Waals surface area contributed by atoms with Gasteiger partial charge in [-0.3, -0.25) is 9.48 Å². The first-order chi connectivity index (χ1) is 6.35. The molecule has 1 rings (SSSR count). The Labute approximate surface area is 92.0 Å². The van der Waals surface area contributed by atoms with E-state index in [1.54, 1.807) is 36.1 Å².